The lowest BCUT2D eigenvalue weighted by Crippen LogP contribution is -2.17. The van der Waals surface area contributed by atoms with Gasteiger partial charge < -0.3 is 4.74 Å². The van der Waals surface area contributed by atoms with Crippen molar-refractivity contribution in [3.8, 4) is 11.4 Å². The lowest BCUT2D eigenvalue weighted by Gasteiger charge is -2.07. The second kappa shape index (κ2) is 7.56. The predicted octanol–water partition coefficient (Wildman–Crippen LogP) is 3.35. The Kier molecular flexibility index (Phi) is 4.99. The topological polar surface area (TPSA) is 61.2 Å². The third-order valence-electron chi connectivity index (χ3n) is 4.78. The molecule has 4 rings (SSSR count). The molecule has 27 heavy (non-hydrogen) atoms. The van der Waals surface area contributed by atoms with Gasteiger partial charge >= 0.3 is 0 Å². The van der Waals surface area contributed by atoms with E-state index in [4.69, 9.17) is 4.74 Å². The summed E-state index contributed by atoms with van der Waals surface area (Å²) in [6.07, 6.45) is 2.88. The first-order chi connectivity index (χ1) is 13.1. The maximum absolute atomic E-state index is 12.6. The van der Waals surface area contributed by atoms with Crippen molar-refractivity contribution in [3.63, 3.8) is 0 Å². The largest absolute Gasteiger partial charge is 0.493 e. The summed E-state index contributed by atoms with van der Waals surface area (Å²) in [6, 6.07) is 19.2. The highest BCUT2D eigenvalue weighted by Gasteiger charge is 2.26. The summed E-state index contributed by atoms with van der Waals surface area (Å²) in [7, 11) is -3.30. The molecule has 0 unspecified atom stereocenters. The molecule has 5 nitrogen and oxygen atoms in total. The fraction of sp³-hybridized carbons (Fsp3) is 0.286. The maximum Gasteiger partial charge on any atom is 0.159 e. The summed E-state index contributed by atoms with van der Waals surface area (Å²) in [5.41, 5.74) is 3.91. The van der Waals surface area contributed by atoms with Crippen molar-refractivity contribution in [2.45, 2.75) is 25.0 Å². The average molecular weight is 382 g/mol. The molecule has 0 spiro atoms. The summed E-state index contributed by atoms with van der Waals surface area (Å²) >= 11 is 0. The van der Waals surface area contributed by atoms with Gasteiger partial charge in [0.15, 0.2) is 9.84 Å². The first kappa shape index (κ1) is 17.8. The molecule has 3 aromatic rings. The summed E-state index contributed by atoms with van der Waals surface area (Å²) < 4.78 is 32.7. The number of rotatable bonds is 7. The molecule has 0 atom stereocenters. The van der Waals surface area contributed by atoms with Gasteiger partial charge in [0.25, 0.3) is 0 Å². The average Bonchev–Trinajstić information content (AvgIpc) is 3.27. The van der Waals surface area contributed by atoms with E-state index in [0.29, 0.717) is 11.4 Å². The van der Waals surface area contributed by atoms with E-state index in [9.17, 15) is 8.42 Å². The minimum absolute atomic E-state index is 0.0190. The number of fused-ring (bicyclic) bond motifs is 1. The first-order valence-electron chi connectivity index (χ1n) is 9.16. The fourth-order valence-corrected chi connectivity index (χ4v) is 4.63. The van der Waals surface area contributed by atoms with E-state index in [1.165, 1.54) is 0 Å². The molecule has 6 heteroatoms. The van der Waals surface area contributed by atoms with Gasteiger partial charge in [0.1, 0.15) is 12.4 Å². The number of nitrogens with zero attached hydrogens (tertiary/aromatic N) is 2. The Morgan fingerprint density at radius 3 is 2.41 bits per heavy atom. The second-order valence-corrected chi connectivity index (χ2v) is 8.91. The van der Waals surface area contributed by atoms with E-state index in [0.717, 1.165) is 36.2 Å². The zero-order valence-corrected chi connectivity index (χ0v) is 15.9. The van der Waals surface area contributed by atoms with E-state index in [-0.39, 0.29) is 18.1 Å². The highest BCUT2D eigenvalue weighted by molar-refractivity contribution is 7.90. The van der Waals surface area contributed by atoms with Gasteiger partial charge in [-0.2, -0.15) is 5.10 Å². The first-order valence-corrected chi connectivity index (χ1v) is 11.0. The molecule has 0 saturated carbocycles. The molecule has 0 saturated heterocycles. The monoisotopic (exact) mass is 382 g/mol. The Morgan fingerprint density at radius 2 is 1.67 bits per heavy atom. The SMILES string of the molecule is O=S(=O)(CCOc1ccccc1)Cc1nn(-c2ccccc2)c2c1CCC2. The van der Waals surface area contributed by atoms with Gasteiger partial charge in [0.2, 0.25) is 0 Å². The van der Waals surface area contributed by atoms with E-state index >= 15 is 0 Å². The maximum atomic E-state index is 12.6. The third kappa shape index (κ3) is 4.06. The van der Waals surface area contributed by atoms with Crippen LogP contribution in [0, 0.1) is 0 Å². The lowest BCUT2D eigenvalue weighted by molar-refractivity contribution is 0.341. The molecule has 0 bridgehead atoms. The number of benzene rings is 2. The molecule has 1 aliphatic carbocycles. The van der Waals surface area contributed by atoms with Crippen LogP contribution in [0.15, 0.2) is 60.7 Å². The fourth-order valence-electron chi connectivity index (χ4n) is 3.50. The highest BCUT2D eigenvalue weighted by atomic mass is 32.2. The zero-order chi connectivity index (χ0) is 18.7. The minimum Gasteiger partial charge on any atom is -0.493 e. The van der Waals surface area contributed by atoms with E-state index < -0.39 is 9.84 Å². The number of hydrogen-bond donors (Lipinski definition) is 0. The van der Waals surface area contributed by atoms with Crippen molar-refractivity contribution in [1.29, 1.82) is 0 Å². The minimum atomic E-state index is -3.30. The van der Waals surface area contributed by atoms with Crippen LogP contribution in [-0.4, -0.2) is 30.6 Å². The second-order valence-electron chi connectivity index (χ2n) is 6.73. The van der Waals surface area contributed by atoms with E-state index in [2.05, 4.69) is 5.10 Å². The van der Waals surface area contributed by atoms with E-state index in [1.54, 1.807) is 0 Å². The Hall–Kier alpha value is -2.60. The van der Waals surface area contributed by atoms with Crippen LogP contribution >= 0.6 is 0 Å². The molecule has 140 valence electrons. The standard InChI is InChI=1S/C21H22N2O3S/c24-27(25,15-14-26-18-10-5-2-6-11-18)16-20-19-12-7-13-21(19)23(22-20)17-8-3-1-4-9-17/h1-6,8-11H,7,12-16H2. The molecule has 0 radical (unpaired) electrons. The third-order valence-corrected chi connectivity index (χ3v) is 6.28. The van der Waals surface area contributed by atoms with Gasteiger partial charge in [-0.25, -0.2) is 13.1 Å². The van der Waals surface area contributed by atoms with Crippen molar-refractivity contribution in [2.24, 2.45) is 0 Å². The highest BCUT2D eigenvalue weighted by Crippen LogP contribution is 2.28. The van der Waals surface area contributed by atoms with Crippen molar-refractivity contribution in [1.82, 2.24) is 9.78 Å². The van der Waals surface area contributed by atoms with Gasteiger partial charge in [0, 0.05) is 5.69 Å². The van der Waals surface area contributed by atoms with Gasteiger partial charge in [-0.3, -0.25) is 0 Å². The van der Waals surface area contributed by atoms with Crippen molar-refractivity contribution in [3.05, 3.63) is 77.6 Å². The van der Waals surface area contributed by atoms with Crippen LogP contribution < -0.4 is 4.74 Å². The van der Waals surface area contributed by atoms with Gasteiger partial charge in [-0.15, -0.1) is 0 Å². The van der Waals surface area contributed by atoms with Gasteiger partial charge in [-0.1, -0.05) is 36.4 Å². The molecule has 2 aromatic carbocycles. The van der Waals surface area contributed by atoms with Gasteiger partial charge in [0.05, 0.1) is 22.9 Å². The van der Waals surface area contributed by atoms with Gasteiger partial charge in [-0.05, 0) is 49.1 Å². The molecule has 0 fully saturated rings. The van der Waals surface area contributed by atoms with Crippen molar-refractivity contribution >= 4 is 9.84 Å². The predicted molar refractivity (Wildman–Crippen MR) is 105 cm³/mol. The molecular formula is C21H22N2O3S. The number of para-hydroxylation sites is 2. The van der Waals surface area contributed by atoms with Crippen molar-refractivity contribution in [2.75, 3.05) is 12.4 Å². The molecule has 1 heterocycles. The normalized spacial score (nSPS) is 13.5. The zero-order valence-electron chi connectivity index (χ0n) is 15.0. The van der Waals surface area contributed by atoms with Crippen molar-refractivity contribution < 1.29 is 13.2 Å². The number of ether oxygens (including phenoxy) is 1. The number of hydrogen-bond acceptors (Lipinski definition) is 4. The van der Waals surface area contributed by atoms with Crippen LogP contribution in [-0.2, 0) is 28.4 Å². The Labute approximate surface area is 159 Å². The molecule has 1 aromatic heterocycles. The summed E-state index contributed by atoms with van der Waals surface area (Å²) in [6.45, 7) is 0.147. The van der Waals surface area contributed by atoms with Crippen LogP contribution in [0.5, 0.6) is 5.75 Å². The quantitative estimate of drug-likeness (QED) is 0.629. The lowest BCUT2D eigenvalue weighted by atomic mass is 10.2. The van der Waals surface area contributed by atoms with Crippen LogP contribution in [0.2, 0.25) is 0 Å². The van der Waals surface area contributed by atoms with Crippen LogP contribution in [0.4, 0.5) is 0 Å². The number of sulfone groups is 1. The Morgan fingerprint density at radius 1 is 0.963 bits per heavy atom. The molecule has 1 aliphatic rings. The Balaban J connectivity index is 1.49. The molecule has 0 aliphatic heterocycles. The number of aromatic nitrogens is 2. The van der Waals surface area contributed by atoms with Crippen LogP contribution in [0.25, 0.3) is 5.69 Å². The molecule has 0 amide bonds. The smallest absolute Gasteiger partial charge is 0.159 e. The molecule has 0 N–H and O–H groups in total. The Bertz CT molecular complexity index is 1010. The van der Waals surface area contributed by atoms with Crippen LogP contribution in [0.1, 0.15) is 23.4 Å². The summed E-state index contributed by atoms with van der Waals surface area (Å²) in [5.74, 6) is 0.629. The molecular weight excluding hydrogens is 360 g/mol. The van der Waals surface area contributed by atoms with E-state index in [1.807, 2.05) is 65.3 Å². The summed E-state index contributed by atoms with van der Waals surface area (Å²) in [5, 5.41) is 4.65. The van der Waals surface area contributed by atoms with Crippen LogP contribution in [0.3, 0.4) is 0 Å². The summed E-state index contributed by atoms with van der Waals surface area (Å²) in [4.78, 5) is 0.